The second-order valence-electron chi connectivity index (χ2n) is 13.1. The van der Waals surface area contributed by atoms with Gasteiger partial charge in [-0.15, -0.1) is 0 Å². The van der Waals surface area contributed by atoms with Crippen LogP contribution in [0.1, 0.15) is 88.7 Å². The lowest BCUT2D eigenvalue weighted by atomic mass is 9.59. The maximum atomic E-state index is 7.88. The van der Waals surface area contributed by atoms with Gasteiger partial charge in [0.1, 0.15) is 17.3 Å². The minimum absolute atomic E-state index is 0.0863. The van der Waals surface area contributed by atoms with Gasteiger partial charge in [0.15, 0.2) is 11.5 Å². The predicted octanol–water partition coefficient (Wildman–Crippen LogP) is 7.00. The molecule has 0 radical (unpaired) electrons. The molecule has 0 unspecified atom stereocenters. The summed E-state index contributed by atoms with van der Waals surface area (Å²) in [7, 11) is 6.00. The van der Waals surface area contributed by atoms with Crippen molar-refractivity contribution in [1.82, 2.24) is 24.7 Å². The van der Waals surface area contributed by atoms with Gasteiger partial charge in [0.2, 0.25) is 0 Å². The van der Waals surface area contributed by atoms with E-state index in [2.05, 4.69) is 15.8 Å². The van der Waals surface area contributed by atoms with Crippen LogP contribution in [0.2, 0.25) is 0 Å². The molecule has 9 rings (SSSR count). The van der Waals surface area contributed by atoms with E-state index in [0.29, 0.717) is 5.69 Å². The lowest BCUT2D eigenvalue weighted by molar-refractivity contribution is 0.117. The average molecular weight is 522 g/mol. The molecule has 0 aliphatic heterocycles. The van der Waals surface area contributed by atoms with Crippen LogP contribution in [0.25, 0.3) is 27.5 Å². The van der Waals surface area contributed by atoms with Crippen molar-refractivity contribution in [2.45, 2.75) is 87.9 Å². The fraction of sp³-hybridized carbons (Fsp3) is 0.594. The Morgan fingerprint density at radius 1 is 0.795 bits per heavy atom. The molecule has 7 heteroatoms. The van der Waals surface area contributed by atoms with Crippen LogP contribution in [0.5, 0.6) is 0 Å². The summed E-state index contributed by atoms with van der Waals surface area (Å²) in [6.45, 7) is 7.88. The number of nitrogens with zero attached hydrogens (tertiary/aromatic N) is 7. The van der Waals surface area contributed by atoms with Crippen LogP contribution in [-0.2, 0) is 17.9 Å². The van der Waals surface area contributed by atoms with Crippen molar-refractivity contribution in [2.24, 2.45) is 18.9 Å². The Labute approximate surface area is 231 Å². The maximum Gasteiger partial charge on any atom is 0.188 e. The molecule has 2 aromatic heterocycles. The van der Waals surface area contributed by atoms with E-state index < -0.39 is 0 Å². The summed E-state index contributed by atoms with van der Waals surface area (Å²) in [4.78, 5) is 21.9. The SMILES string of the molecule is [C-]#[N+]c1cc(-c2nc(C34CCC(CC3)CC4)nc(C34CCC(CC3)CC4)n2)cc(-c2nn(C)cc2N(C)C)c1. The Bertz CT molecular complexity index is 1370. The third kappa shape index (κ3) is 4.15. The molecular formula is C32H39N7. The highest BCUT2D eigenvalue weighted by Gasteiger charge is 2.47. The van der Waals surface area contributed by atoms with E-state index in [4.69, 9.17) is 26.6 Å². The molecule has 0 atom stereocenters. The van der Waals surface area contributed by atoms with Crippen molar-refractivity contribution < 1.29 is 0 Å². The lowest BCUT2D eigenvalue weighted by Crippen LogP contribution is -2.42. The Kier molecular flexibility index (Phi) is 5.80. The normalized spacial score (nSPS) is 29.4. The van der Waals surface area contributed by atoms with Gasteiger partial charge in [-0.1, -0.05) is 0 Å². The molecule has 202 valence electrons. The summed E-state index contributed by atoms with van der Waals surface area (Å²) < 4.78 is 1.84. The molecule has 0 N–H and O–H groups in total. The average Bonchev–Trinajstić information content (AvgIpc) is 3.40. The van der Waals surface area contributed by atoms with Gasteiger partial charge in [-0.2, -0.15) is 5.10 Å². The van der Waals surface area contributed by atoms with Gasteiger partial charge in [-0.3, -0.25) is 4.68 Å². The summed E-state index contributed by atoms with van der Waals surface area (Å²) in [5.41, 5.74) is 4.50. The summed E-state index contributed by atoms with van der Waals surface area (Å²) in [6.07, 6.45) is 17.0. The number of rotatable bonds is 5. The van der Waals surface area contributed by atoms with Gasteiger partial charge in [-0.05, 0) is 113 Å². The Morgan fingerprint density at radius 2 is 1.31 bits per heavy atom. The zero-order valence-corrected chi connectivity index (χ0v) is 23.6. The second-order valence-corrected chi connectivity index (χ2v) is 13.1. The molecule has 0 spiro atoms. The van der Waals surface area contributed by atoms with E-state index in [1.807, 2.05) is 44.2 Å². The third-order valence-corrected chi connectivity index (χ3v) is 10.6. The van der Waals surface area contributed by atoms with Crippen LogP contribution in [0, 0.1) is 18.4 Å². The predicted molar refractivity (Wildman–Crippen MR) is 154 cm³/mol. The summed E-state index contributed by atoms with van der Waals surface area (Å²) >= 11 is 0. The lowest BCUT2D eigenvalue weighted by Gasteiger charge is -2.47. The number of aromatic nitrogens is 5. The first-order valence-electron chi connectivity index (χ1n) is 14.9. The summed E-state index contributed by atoms with van der Waals surface area (Å²) in [5.74, 6) is 4.59. The highest BCUT2D eigenvalue weighted by molar-refractivity contribution is 5.81. The van der Waals surface area contributed by atoms with Crippen LogP contribution >= 0.6 is 0 Å². The highest BCUT2D eigenvalue weighted by atomic mass is 15.3. The molecule has 1 aromatic carbocycles. The number of aryl methyl sites for hydroxylation is 1. The zero-order chi connectivity index (χ0) is 26.8. The van der Waals surface area contributed by atoms with Crippen LogP contribution < -0.4 is 4.90 Å². The highest BCUT2D eigenvalue weighted by Crippen LogP contribution is 2.53. The molecule has 6 aliphatic carbocycles. The molecular weight excluding hydrogens is 482 g/mol. The molecule has 0 saturated heterocycles. The molecule has 6 saturated carbocycles. The molecule has 3 aromatic rings. The molecule has 39 heavy (non-hydrogen) atoms. The Morgan fingerprint density at radius 3 is 1.79 bits per heavy atom. The van der Waals surface area contributed by atoms with Gasteiger partial charge < -0.3 is 4.90 Å². The molecule has 2 heterocycles. The number of anilines is 1. The molecule has 0 amide bonds. The van der Waals surface area contributed by atoms with Gasteiger partial charge in [0.05, 0.1) is 12.3 Å². The van der Waals surface area contributed by atoms with E-state index in [1.165, 1.54) is 77.0 Å². The van der Waals surface area contributed by atoms with E-state index in [1.54, 1.807) is 0 Å². The van der Waals surface area contributed by atoms with E-state index in [0.717, 1.165) is 51.8 Å². The maximum absolute atomic E-state index is 7.88. The molecule has 6 fully saturated rings. The Balaban J connectivity index is 1.40. The molecule has 4 bridgehead atoms. The minimum Gasteiger partial charge on any atom is -0.375 e. The third-order valence-electron chi connectivity index (χ3n) is 10.6. The number of hydrogen-bond acceptors (Lipinski definition) is 5. The number of fused-ring (bicyclic) bond motifs is 6. The standard InChI is InChI=1S/C32H39N7/c1-33-25-18-23(27-26(38(2)3)20-39(4)37-27)17-24(19-25)28-34-29(31-11-5-21(6-12-31)7-13-31)36-30(35-28)32-14-8-22(9-15-32)10-16-32/h17-22H,5-16H2,2-4H3. The topological polar surface area (TPSA) is 64.1 Å². The van der Waals surface area contributed by atoms with Crippen molar-refractivity contribution in [3.05, 3.63) is 47.5 Å². The van der Waals surface area contributed by atoms with E-state index in [9.17, 15) is 0 Å². The van der Waals surface area contributed by atoms with Crippen molar-refractivity contribution >= 4 is 11.4 Å². The van der Waals surface area contributed by atoms with Gasteiger partial charge >= 0.3 is 0 Å². The minimum atomic E-state index is 0.0863. The molecule has 6 aliphatic rings. The van der Waals surface area contributed by atoms with Gasteiger partial charge in [-0.25, -0.2) is 19.8 Å². The van der Waals surface area contributed by atoms with Gasteiger partial charge in [0.25, 0.3) is 0 Å². The van der Waals surface area contributed by atoms with Crippen molar-refractivity contribution in [2.75, 3.05) is 19.0 Å². The fourth-order valence-electron chi connectivity index (χ4n) is 8.10. The quantitative estimate of drug-likeness (QED) is 0.338. The van der Waals surface area contributed by atoms with Crippen LogP contribution in [0.4, 0.5) is 11.4 Å². The van der Waals surface area contributed by atoms with Crippen LogP contribution in [0.15, 0.2) is 24.4 Å². The summed E-state index contributed by atoms with van der Waals surface area (Å²) in [6, 6.07) is 6.04. The van der Waals surface area contributed by atoms with Crippen molar-refractivity contribution in [3.63, 3.8) is 0 Å². The van der Waals surface area contributed by atoms with Crippen molar-refractivity contribution in [1.29, 1.82) is 0 Å². The first-order chi connectivity index (χ1) is 18.9. The smallest absolute Gasteiger partial charge is 0.188 e. The van der Waals surface area contributed by atoms with Crippen LogP contribution in [-0.4, -0.2) is 38.8 Å². The first kappa shape index (κ1) is 24.7. The summed E-state index contributed by atoms with van der Waals surface area (Å²) in [5, 5.41) is 4.77. The van der Waals surface area contributed by atoms with E-state index >= 15 is 0 Å². The Hall–Kier alpha value is -3.27. The number of benzene rings is 1. The van der Waals surface area contributed by atoms with Crippen LogP contribution in [0.3, 0.4) is 0 Å². The van der Waals surface area contributed by atoms with Crippen molar-refractivity contribution in [3.8, 4) is 22.6 Å². The second kappa shape index (κ2) is 9.15. The fourth-order valence-corrected chi connectivity index (χ4v) is 8.10. The zero-order valence-electron chi connectivity index (χ0n) is 23.6. The van der Waals surface area contributed by atoms with Gasteiger partial charge in [0, 0.05) is 43.7 Å². The largest absolute Gasteiger partial charge is 0.375 e. The monoisotopic (exact) mass is 521 g/mol. The number of hydrogen-bond donors (Lipinski definition) is 0. The molecule has 7 nitrogen and oxygen atoms in total. The first-order valence-corrected chi connectivity index (χ1v) is 14.9. The van der Waals surface area contributed by atoms with E-state index in [-0.39, 0.29) is 10.8 Å².